The van der Waals surface area contributed by atoms with Crippen LogP contribution >= 0.6 is 0 Å². The van der Waals surface area contributed by atoms with Gasteiger partial charge in [0.1, 0.15) is 10.7 Å². The fraction of sp³-hybridized carbons (Fsp3) is 0.500. The number of piperidine rings is 1. The van der Waals surface area contributed by atoms with E-state index in [0.717, 1.165) is 19.3 Å². The fourth-order valence-electron chi connectivity index (χ4n) is 2.12. The number of aromatic nitrogens is 1. The van der Waals surface area contributed by atoms with Crippen molar-refractivity contribution in [3.8, 4) is 0 Å². The van der Waals surface area contributed by atoms with Crippen LogP contribution in [0.5, 0.6) is 0 Å². The van der Waals surface area contributed by atoms with Crippen LogP contribution in [-0.4, -0.2) is 43.8 Å². The summed E-state index contributed by atoms with van der Waals surface area (Å²) in [5.41, 5.74) is 5.53. The number of likely N-dealkylation sites (tertiary alicyclic amines) is 1. The lowest BCUT2D eigenvalue weighted by Gasteiger charge is -2.26. The van der Waals surface area contributed by atoms with Crippen molar-refractivity contribution in [2.75, 3.05) is 25.4 Å². The van der Waals surface area contributed by atoms with Gasteiger partial charge < -0.3 is 10.6 Å². The van der Waals surface area contributed by atoms with E-state index in [1.54, 1.807) is 4.90 Å². The maximum Gasteiger partial charge on any atom is 0.244 e. The molecule has 0 spiro atoms. The second-order valence-electron chi connectivity index (χ2n) is 4.65. The van der Waals surface area contributed by atoms with Gasteiger partial charge in [-0.3, -0.25) is 4.79 Å². The number of nitrogen functional groups attached to an aromatic ring is 1. The Kier molecular flexibility index (Phi) is 4.56. The zero-order chi connectivity index (χ0) is 14.6. The highest BCUT2D eigenvalue weighted by Gasteiger charge is 2.21. The molecule has 110 valence electrons. The summed E-state index contributed by atoms with van der Waals surface area (Å²) >= 11 is 0. The van der Waals surface area contributed by atoms with Gasteiger partial charge in [0.25, 0.3) is 0 Å². The highest BCUT2D eigenvalue weighted by molar-refractivity contribution is 7.89. The monoisotopic (exact) mass is 298 g/mol. The fourth-order valence-corrected chi connectivity index (χ4v) is 3.17. The first-order valence-corrected chi connectivity index (χ1v) is 7.97. The van der Waals surface area contributed by atoms with E-state index in [1.165, 1.54) is 18.3 Å². The topological polar surface area (TPSA) is 105 Å². The van der Waals surface area contributed by atoms with Crippen molar-refractivity contribution in [1.82, 2.24) is 14.6 Å². The first kappa shape index (κ1) is 14.7. The number of pyridine rings is 1. The Morgan fingerprint density at radius 3 is 2.70 bits per heavy atom. The molecule has 2 heterocycles. The number of nitrogens with two attached hydrogens (primary N) is 1. The van der Waals surface area contributed by atoms with Crippen LogP contribution in [0.2, 0.25) is 0 Å². The van der Waals surface area contributed by atoms with E-state index in [0.29, 0.717) is 13.1 Å². The largest absolute Gasteiger partial charge is 0.383 e. The molecular formula is C12H18N4O3S. The first-order chi connectivity index (χ1) is 9.50. The number of carbonyl (C=O) groups is 1. The number of anilines is 1. The minimum absolute atomic E-state index is 0.0783. The summed E-state index contributed by atoms with van der Waals surface area (Å²) in [7, 11) is -3.81. The maximum absolute atomic E-state index is 12.0. The molecule has 8 heteroatoms. The molecule has 1 aromatic heterocycles. The molecule has 1 aliphatic rings. The van der Waals surface area contributed by atoms with Crippen LogP contribution in [0.4, 0.5) is 5.82 Å². The van der Waals surface area contributed by atoms with Crippen molar-refractivity contribution in [3.05, 3.63) is 18.3 Å². The number of carbonyl (C=O) groups excluding carboxylic acids is 1. The number of hydrogen-bond acceptors (Lipinski definition) is 5. The molecule has 7 nitrogen and oxygen atoms in total. The van der Waals surface area contributed by atoms with Crippen LogP contribution in [0.15, 0.2) is 23.2 Å². The van der Waals surface area contributed by atoms with Crippen LogP contribution in [0.25, 0.3) is 0 Å². The summed E-state index contributed by atoms with van der Waals surface area (Å²) in [4.78, 5) is 17.2. The Morgan fingerprint density at radius 2 is 2.05 bits per heavy atom. The normalized spacial score (nSPS) is 16.1. The quantitative estimate of drug-likeness (QED) is 0.811. The lowest BCUT2D eigenvalue weighted by Crippen LogP contribution is -2.42. The zero-order valence-electron chi connectivity index (χ0n) is 11.1. The van der Waals surface area contributed by atoms with E-state index in [-0.39, 0.29) is 23.2 Å². The summed E-state index contributed by atoms with van der Waals surface area (Å²) in [6, 6.07) is 2.84. The predicted octanol–water partition coefficient (Wildman–Crippen LogP) is -0.0454. The molecule has 2 rings (SSSR count). The molecule has 1 amide bonds. The van der Waals surface area contributed by atoms with E-state index in [9.17, 15) is 13.2 Å². The van der Waals surface area contributed by atoms with Crippen LogP contribution < -0.4 is 10.5 Å². The van der Waals surface area contributed by atoms with Gasteiger partial charge >= 0.3 is 0 Å². The van der Waals surface area contributed by atoms with Crippen LogP contribution in [-0.2, 0) is 14.8 Å². The zero-order valence-corrected chi connectivity index (χ0v) is 11.9. The molecule has 0 radical (unpaired) electrons. The third kappa shape index (κ3) is 3.45. The van der Waals surface area contributed by atoms with Crippen LogP contribution in [0, 0.1) is 0 Å². The lowest BCUT2D eigenvalue weighted by atomic mass is 10.1. The lowest BCUT2D eigenvalue weighted by molar-refractivity contribution is -0.130. The molecule has 1 saturated heterocycles. The smallest absolute Gasteiger partial charge is 0.244 e. The van der Waals surface area contributed by atoms with Crippen molar-refractivity contribution in [2.45, 2.75) is 24.2 Å². The van der Waals surface area contributed by atoms with Crippen LogP contribution in [0.3, 0.4) is 0 Å². The van der Waals surface area contributed by atoms with Gasteiger partial charge in [0, 0.05) is 19.3 Å². The number of sulfonamides is 1. The Labute approximate surface area is 118 Å². The number of rotatable bonds is 4. The van der Waals surface area contributed by atoms with Gasteiger partial charge in [-0.1, -0.05) is 0 Å². The Hall–Kier alpha value is -1.67. The SMILES string of the molecule is Nc1ncccc1S(=O)(=O)NCC(=O)N1CCCCC1. The molecule has 0 aromatic carbocycles. The van der Waals surface area contributed by atoms with Crippen molar-refractivity contribution in [1.29, 1.82) is 0 Å². The highest BCUT2D eigenvalue weighted by Crippen LogP contribution is 2.14. The molecule has 1 aliphatic heterocycles. The van der Waals surface area contributed by atoms with Gasteiger partial charge in [0.05, 0.1) is 6.54 Å². The molecule has 3 N–H and O–H groups in total. The molecule has 0 saturated carbocycles. The summed E-state index contributed by atoms with van der Waals surface area (Å²) in [5, 5.41) is 0. The van der Waals surface area contributed by atoms with Gasteiger partial charge in [-0.25, -0.2) is 18.1 Å². The van der Waals surface area contributed by atoms with E-state index in [2.05, 4.69) is 9.71 Å². The van der Waals surface area contributed by atoms with Gasteiger partial charge in [-0.05, 0) is 31.4 Å². The van der Waals surface area contributed by atoms with Crippen molar-refractivity contribution in [3.63, 3.8) is 0 Å². The standard InChI is InChI=1S/C12H18N4O3S/c13-12-10(5-4-6-14-12)20(18,19)15-9-11(17)16-7-2-1-3-8-16/h4-6,15H,1-3,7-9H2,(H2,13,14). The molecule has 0 unspecified atom stereocenters. The average Bonchev–Trinajstić information content (AvgIpc) is 2.46. The molecular weight excluding hydrogens is 280 g/mol. The molecule has 20 heavy (non-hydrogen) atoms. The second kappa shape index (κ2) is 6.19. The number of hydrogen-bond donors (Lipinski definition) is 2. The molecule has 1 aromatic rings. The summed E-state index contributed by atoms with van der Waals surface area (Å²) in [6.07, 6.45) is 4.46. The molecule has 0 atom stereocenters. The summed E-state index contributed by atoms with van der Waals surface area (Å²) in [6.45, 7) is 1.13. The van der Waals surface area contributed by atoms with Crippen LogP contribution in [0.1, 0.15) is 19.3 Å². The first-order valence-electron chi connectivity index (χ1n) is 6.48. The highest BCUT2D eigenvalue weighted by atomic mass is 32.2. The third-order valence-corrected chi connectivity index (χ3v) is 4.66. The van der Waals surface area contributed by atoms with Gasteiger partial charge in [0.2, 0.25) is 15.9 Å². The molecule has 0 bridgehead atoms. The Balaban J connectivity index is 1.99. The van der Waals surface area contributed by atoms with Crippen molar-refractivity contribution < 1.29 is 13.2 Å². The summed E-state index contributed by atoms with van der Waals surface area (Å²) < 4.78 is 26.4. The average molecular weight is 298 g/mol. The predicted molar refractivity (Wildman–Crippen MR) is 74.3 cm³/mol. The number of nitrogens with one attached hydrogen (secondary N) is 1. The summed E-state index contributed by atoms with van der Waals surface area (Å²) in [5.74, 6) is -0.291. The van der Waals surface area contributed by atoms with E-state index >= 15 is 0 Å². The van der Waals surface area contributed by atoms with Gasteiger partial charge in [0.15, 0.2) is 0 Å². The Morgan fingerprint density at radius 1 is 1.35 bits per heavy atom. The number of nitrogens with zero attached hydrogens (tertiary/aromatic N) is 2. The minimum atomic E-state index is -3.81. The van der Waals surface area contributed by atoms with Gasteiger partial charge in [-0.2, -0.15) is 0 Å². The van der Waals surface area contributed by atoms with E-state index < -0.39 is 10.0 Å². The van der Waals surface area contributed by atoms with Crippen molar-refractivity contribution >= 4 is 21.7 Å². The maximum atomic E-state index is 12.0. The van der Waals surface area contributed by atoms with E-state index in [4.69, 9.17) is 5.73 Å². The molecule has 1 fully saturated rings. The minimum Gasteiger partial charge on any atom is -0.383 e. The second-order valence-corrected chi connectivity index (χ2v) is 6.39. The Bertz CT molecular complexity index is 582. The van der Waals surface area contributed by atoms with Gasteiger partial charge in [-0.15, -0.1) is 0 Å². The third-order valence-electron chi connectivity index (χ3n) is 3.21. The van der Waals surface area contributed by atoms with Crippen molar-refractivity contribution in [2.24, 2.45) is 0 Å². The molecule has 0 aliphatic carbocycles. The van der Waals surface area contributed by atoms with E-state index in [1.807, 2.05) is 0 Å². The number of amides is 1.